The number of ether oxygens (including phenoxy) is 1. The van der Waals surface area contributed by atoms with Crippen molar-refractivity contribution < 1.29 is 32.6 Å². The summed E-state index contributed by atoms with van der Waals surface area (Å²) in [5.41, 5.74) is 6.30. The number of benzene rings is 2. The molecule has 3 amide bonds. The molecule has 37 heavy (non-hydrogen) atoms. The largest absolute Gasteiger partial charge is 0.505 e. The van der Waals surface area contributed by atoms with Gasteiger partial charge < -0.3 is 26.2 Å². The van der Waals surface area contributed by atoms with Crippen LogP contribution in [0, 0.1) is 5.92 Å². The molecule has 0 aliphatic carbocycles. The van der Waals surface area contributed by atoms with Crippen LogP contribution in [0.5, 0.6) is 5.75 Å². The third-order valence-corrected chi connectivity index (χ3v) is 6.54. The molecule has 202 valence electrons. The van der Waals surface area contributed by atoms with Gasteiger partial charge in [-0.05, 0) is 24.0 Å². The highest BCUT2D eigenvalue weighted by Gasteiger charge is 2.25. The van der Waals surface area contributed by atoms with Crippen molar-refractivity contribution in [3.05, 3.63) is 59.7 Å². The number of sulfonamides is 1. The lowest BCUT2D eigenvalue weighted by atomic mass is 10.1. The van der Waals surface area contributed by atoms with Gasteiger partial charge in [-0.15, -0.1) is 0 Å². The van der Waals surface area contributed by atoms with Gasteiger partial charge in [0.25, 0.3) is 0 Å². The van der Waals surface area contributed by atoms with Crippen LogP contribution in [0.4, 0.5) is 10.5 Å². The lowest BCUT2D eigenvalue weighted by molar-refractivity contribution is -0.127. The molecule has 1 unspecified atom stereocenters. The molecule has 0 spiro atoms. The fourth-order valence-electron chi connectivity index (χ4n) is 3.39. The predicted octanol–water partition coefficient (Wildman–Crippen LogP) is 1.99. The number of hydrogen-bond acceptors (Lipinski definition) is 7. The highest BCUT2D eigenvalue weighted by Crippen LogP contribution is 2.33. The van der Waals surface area contributed by atoms with E-state index in [1.54, 1.807) is 30.3 Å². The van der Waals surface area contributed by atoms with Gasteiger partial charge in [-0.25, -0.2) is 13.2 Å². The number of nitrogens with one attached hydrogen (secondary N) is 2. The van der Waals surface area contributed by atoms with Crippen LogP contribution in [-0.4, -0.2) is 50.3 Å². The molecule has 2 rings (SSSR count). The normalized spacial score (nSPS) is 12.0. The maximum atomic E-state index is 12.8. The molecule has 0 aliphatic rings. The topological polar surface area (TPSA) is 168 Å². The van der Waals surface area contributed by atoms with Gasteiger partial charge in [0.05, 0.1) is 18.4 Å². The summed E-state index contributed by atoms with van der Waals surface area (Å²) < 4.78 is 30.9. The number of carbonyl (C=O) groups excluding carboxylic acids is 3. The van der Waals surface area contributed by atoms with Gasteiger partial charge in [-0.2, -0.15) is 0 Å². The highest BCUT2D eigenvalue weighted by atomic mass is 32.2. The molecular formula is C25H34N4O7S. The minimum absolute atomic E-state index is 0.0358. The number of phenols is 1. The highest BCUT2D eigenvalue weighted by molar-refractivity contribution is 7.92. The summed E-state index contributed by atoms with van der Waals surface area (Å²) in [5, 5.41) is 15.6. The number of nitrogens with zero attached hydrogens (tertiary/aromatic N) is 1. The second-order valence-corrected chi connectivity index (χ2v) is 10.9. The van der Waals surface area contributed by atoms with Gasteiger partial charge in [0.1, 0.15) is 18.4 Å². The fourth-order valence-corrected chi connectivity index (χ4v) is 4.33. The lowest BCUT2D eigenvalue weighted by Crippen LogP contribution is -2.48. The van der Waals surface area contributed by atoms with Crippen LogP contribution in [0.3, 0.4) is 0 Å². The first kappa shape index (κ1) is 29.4. The zero-order valence-electron chi connectivity index (χ0n) is 21.1. The minimum Gasteiger partial charge on any atom is -0.505 e. The maximum Gasteiger partial charge on any atom is 0.408 e. The number of amides is 3. The summed E-state index contributed by atoms with van der Waals surface area (Å²) >= 11 is 0. The van der Waals surface area contributed by atoms with Crippen LogP contribution in [0.15, 0.2) is 48.5 Å². The summed E-state index contributed by atoms with van der Waals surface area (Å²) in [7, 11) is -3.68. The van der Waals surface area contributed by atoms with E-state index in [0.717, 1.165) is 16.1 Å². The van der Waals surface area contributed by atoms with Crippen LogP contribution in [-0.2, 0) is 37.5 Å². The van der Waals surface area contributed by atoms with E-state index >= 15 is 0 Å². The first-order valence-electron chi connectivity index (χ1n) is 11.7. The molecule has 2 aromatic rings. The number of carbonyl (C=O) groups is 3. The SMILES string of the molecule is CC(C)CCN(c1cccc(CNC(=O)C(CC(N)=O)NC(=O)OCc2ccccc2)c1O)S(C)(=O)=O. The van der Waals surface area contributed by atoms with Crippen molar-refractivity contribution in [2.45, 2.75) is 45.9 Å². The van der Waals surface area contributed by atoms with Crippen molar-refractivity contribution in [1.29, 1.82) is 0 Å². The van der Waals surface area contributed by atoms with E-state index in [0.29, 0.717) is 6.42 Å². The van der Waals surface area contributed by atoms with E-state index in [2.05, 4.69) is 10.6 Å². The molecule has 0 radical (unpaired) electrons. The summed E-state index contributed by atoms with van der Waals surface area (Å²) in [6.45, 7) is 3.86. The van der Waals surface area contributed by atoms with Gasteiger partial charge in [0, 0.05) is 18.7 Å². The Labute approximate surface area is 217 Å². The zero-order valence-corrected chi connectivity index (χ0v) is 22.0. The summed E-state index contributed by atoms with van der Waals surface area (Å²) in [6, 6.07) is 12.1. The predicted molar refractivity (Wildman–Crippen MR) is 139 cm³/mol. The molecule has 0 aromatic heterocycles. The standard InChI is InChI=1S/C25H34N4O7S/c1-17(2)12-13-29(37(3,34)35)21-11-7-10-19(23(21)31)15-27-24(32)20(14-22(26)30)28-25(33)36-16-18-8-5-4-6-9-18/h4-11,17,20,31H,12-16H2,1-3H3,(H2,26,30)(H,27,32)(H,28,33). The smallest absolute Gasteiger partial charge is 0.408 e. The number of aromatic hydroxyl groups is 1. The molecule has 0 saturated heterocycles. The zero-order chi connectivity index (χ0) is 27.6. The molecule has 0 bridgehead atoms. The third kappa shape index (κ3) is 9.64. The van der Waals surface area contributed by atoms with E-state index in [1.807, 2.05) is 19.9 Å². The Kier molecular flexibility index (Phi) is 10.7. The van der Waals surface area contributed by atoms with Crippen molar-refractivity contribution in [3.8, 4) is 5.75 Å². The number of alkyl carbamates (subject to hydrolysis) is 1. The fraction of sp³-hybridized carbons (Fsp3) is 0.400. The van der Waals surface area contributed by atoms with Gasteiger partial charge in [-0.1, -0.05) is 56.3 Å². The van der Waals surface area contributed by atoms with Crippen LogP contribution in [0.2, 0.25) is 0 Å². The molecule has 0 fully saturated rings. The Balaban J connectivity index is 2.10. The Bertz CT molecular complexity index is 1190. The lowest BCUT2D eigenvalue weighted by Gasteiger charge is -2.25. The Morgan fingerprint density at radius 1 is 1.08 bits per heavy atom. The van der Waals surface area contributed by atoms with Gasteiger partial charge >= 0.3 is 6.09 Å². The van der Waals surface area contributed by atoms with Crippen LogP contribution >= 0.6 is 0 Å². The number of nitrogens with two attached hydrogens (primary N) is 1. The van der Waals surface area contributed by atoms with Gasteiger partial charge in [0.15, 0.2) is 0 Å². The first-order valence-corrected chi connectivity index (χ1v) is 13.5. The quantitative estimate of drug-likeness (QED) is 0.305. The van der Waals surface area contributed by atoms with Crippen molar-refractivity contribution in [2.75, 3.05) is 17.1 Å². The van der Waals surface area contributed by atoms with E-state index in [1.165, 1.54) is 12.1 Å². The average molecular weight is 535 g/mol. The molecule has 2 aromatic carbocycles. The van der Waals surface area contributed by atoms with E-state index in [-0.39, 0.29) is 42.6 Å². The molecule has 0 heterocycles. The molecule has 0 saturated carbocycles. The van der Waals surface area contributed by atoms with Crippen molar-refractivity contribution >= 4 is 33.6 Å². The minimum atomic E-state index is -3.68. The third-order valence-electron chi connectivity index (χ3n) is 5.36. The Morgan fingerprint density at radius 3 is 2.35 bits per heavy atom. The molecule has 5 N–H and O–H groups in total. The number of anilines is 1. The number of rotatable bonds is 13. The van der Waals surface area contributed by atoms with Crippen molar-refractivity contribution in [3.63, 3.8) is 0 Å². The Morgan fingerprint density at radius 2 is 1.76 bits per heavy atom. The molecule has 0 aliphatic heterocycles. The summed E-state index contributed by atoms with van der Waals surface area (Å²) in [5.74, 6) is -1.62. The summed E-state index contributed by atoms with van der Waals surface area (Å²) in [4.78, 5) is 36.4. The molecule has 1 atom stereocenters. The van der Waals surface area contributed by atoms with Crippen molar-refractivity contribution in [2.24, 2.45) is 11.7 Å². The number of hydrogen-bond donors (Lipinski definition) is 4. The van der Waals surface area contributed by atoms with E-state index in [9.17, 15) is 27.9 Å². The van der Waals surface area contributed by atoms with Crippen molar-refractivity contribution in [1.82, 2.24) is 10.6 Å². The van der Waals surface area contributed by atoms with Crippen LogP contribution < -0.4 is 20.7 Å². The monoisotopic (exact) mass is 534 g/mol. The van der Waals surface area contributed by atoms with Crippen LogP contribution in [0.25, 0.3) is 0 Å². The van der Waals surface area contributed by atoms with E-state index in [4.69, 9.17) is 10.5 Å². The second-order valence-electron chi connectivity index (χ2n) is 8.95. The average Bonchev–Trinajstić information content (AvgIpc) is 2.81. The Hall–Kier alpha value is -3.80. The first-order chi connectivity index (χ1) is 17.4. The molecule has 11 nitrogen and oxygen atoms in total. The molecule has 12 heteroatoms. The summed E-state index contributed by atoms with van der Waals surface area (Å²) in [6.07, 6.45) is 0.242. The second kappa shape index (κ2) is 13.5. The van der Waals surface area contributed by atoms with E-state index < -0.39 is 40.4 Å². The van der Waals surface area contributed by atoms with Gasteiger partial charge in [0.2, 0.25) is 21.8 Å². The number of phenolic OH excluding ortho intramolecular Hbond substituents is 1. The number of primary amides is 1. The molecular weight excluding hydrogens is 500 g/mol. The van der Waals surface area contributed by atoms with Crippen LogP contribution in [0.1, 0.15) is 37.8 Å². The van der Waals surface area contributed by atoms with Gasteiger partial charge in [-0.3, -0.25) is 13.9 Å². The number of para-hydroxylation sites is 1. The maximum absolute atomic E-state index is 12.8.